The molecule has 4 nitrogen and oxygen atoms in total. The SMILES string of the molecule is C=Cc1cccc2c1COCC2NC(=O)OC(C)(C)C. The average molecular weight is 275 g/mol. The number of alkyl carbamates (subject to hydrolysis) is 1. The standard InChI is InChI=1S/C16H21NO3/c1-5-11-7-6-8-12-13(11)9-19-10-14(12)17-15(18)20-16(2,3)4/h5-8,14H,1,9-10H2,2-4H3,(H,17,18). The minimum Gasteiger partial charge on any atom is -0.444 e. The molecule has 2 rings (SSSR count). The van der Waals surface area contributed by atoms with Crippen LogP contribution in [0.4, 0.5) is 4.79 Å². The van der Waals surface area contributed by atoms with E-state index in [-0.39, 0.29) is 6.04 Å². The van der Waals surface area contributed by atoms with Crippen LogP contribution in [0.5, 0.6) is 0 Å². The summed E-state index contributed by atoms with van der Waals surface area (Å²) in [5, 5.41) is 2.86. The zero-order chi connectivity index (χ0) is 14.8. The van der Waals surface area contributed by atoms with Crippen LogP contribution >= 0.6 is 0 Å². The van der Waals surface area contributed by atoms with E-state index in [1.54, 1.807) is 6.08 Å². The Morgan fingerprint density at radius 3 is 2.90 bits per heavy atom. The fourth-order valence-corrected chi connectivity index (χ4v) is 2.25. The number of hydrogen-bond acceptors (Lipinski definition) is 3. The van der Waals surface area contributed by atoms with E-state index in [0.717, 1.165) is 16.7 Å². The second-order valence-corrected chi connectivity index (χ2v) is 5.83. The van der Waals surface area contributed by atoms with Crippen molar-refractivity contribution in [1.29, 1.82) is 0 Å². The summed E-state index contributed by atoms with van der Waals surface area (Å²) in [5.41, 5.74) is 2.68. The first kappa shape index (κ1) is 14.6. The molecule has 1 heterocycles. The Hall–Kier alpha value is -1.81. The number of amides is 1. The Balaban J connectivity index is 2.17. The van der Waals surface area contributed by atoms with Gasteiger partial charge in [-0.05, 0) is 37.5 Å². The molecule has 1 atom stereocenters. The van der Waals surface area contributed by atoms with Crippen molar-refractivity contribution in [2.24, 2.45) is 0 Å². The maximum Gasteiger partial charge on any atom is 0.408 e. The number of nitrogens with one attached hydrogen (secondary N) is 1. The van der Waals surface area contributed by atoms with Crippen LogP contribution in [0.15, 0.2) is 24.8 Å². The van der Waals surface area contributed by atoms with Crippen molar-refractivity contribution < 1.29 is 14.3 Å². The van der Waals surface area contributed by atoms with Crippen LogP contribution in [0.1, 0.15) is 43.5 Å². The monoisotopic (exact) mass is 275 g/mol. The van der Waals surface area contributed by atoms with Crippen LogP contribution < -0.4 is 5.32 Å². The van der Waals surface area contributed by atoms with Crippen LogP contribution in [0, 0.1) is 0 Å². The Morgan fingerprint density at radius 2 is 2.25 bits per heavy atom. The van der Waals surface area contributed by atoms with Crippen LogP contribution in [0.2, 0.25) is 0 Å². The van der Waals surface area contributed by atoms with Gasteiger partial charge in [0, 0.05) is 0 Å². The van der Waals surface area contributed by atoms with Gasteiger partial charge in [0.15, 0.2) is 0 Å². The minimum absolute atomic E-state index is 0.187. The number of rotatable bonds is 2. The summed E-state index contributed by atoms with van der Waals surface area (Å²) in [6, 6.07) is 5.77. The molecule has 0 saturated heterocycles. The van der Waals surface area contributed by atoms with Crippen molar-refractivity contribution in [3.63, 3.8) is 0 Å². The molecule has 1 aliphatic heterocycles. The lowest BCUT2D eigenvalue weighted by atomic mass is 9.94. The maximum atomic E-state index is 11.9. The third-order valence-electron chi connectivity index (χ3n) is 3.07. The molecule has 1 aromatic rings. The van der Waals surface area contributed by atoms with Crippen molar-refractivity contribution in [3.05, 3.63) is 41.5 Å². The van der Waals surface area contributed by atoms with Gasteiger partial charge in [0.05, 0.1) is 19.3 Å². The molecule has 4 heteroatoms. The number of benzene rings is 1. The number of hydrogen-bond donors (Lipinski definition) is 1. The summed E-state index contributed by atoms with van der Waals surface area (Å²) < 4.78 is 10.9. The summed E-state index contributed by atoms with van der Waals surface area (Å²) in [6.45, 7) is 10.3. The normalized spacial score (nSPS) is 18.1. The lowest BCUT2D eigenvalue weighted by Gasteiger charge is -2.29. The highest BCUT2D eigenvalue weighted by atomic mass is 16.6. The molecule has 108 valence electrons. The Bertz CT molecular complexity index is 517. The molecule has 0 spiro atoms. The van der Waals surface area contributed by atoms with Gasteiger partial charge in [0.25, 0.3) is 0 Å². The Labute approximate surface area is 119 Å². The number of fused-ring (bicyclic) bond motifs is 1. The molecular weight excluding hydrogens is 254 g/mol. The molecule has 1 amide bonds. The second kappa shape index (κ2) is 5.67. The molecule has 0 aliphatic carbocycles. The summed E-state index contributed by atoms with van der Waals surface area (Å²) in [7, 11) is 0. The number of ether oxygens (including phenoxy) is 2. The molecule has 0 aromatic heterocycles. The van der Waals surface area contributed by atoms with E-state index in [0.29, 0.717) is 13.2 Å². The van der Waals surface area contributed by atoms with Crippen molar-refractivity contribution in [1.82, 2.24) is 5.32 Å². The first-order valence-electron chi connectivity index (χ1n) is 6.72. The first-order valence-corrected chi connectivity index (χ1v) is 6.72. The third-order valence-corrected chi connectivity index (χ3v) is 3.07. The first-order chi connectivity index (χ1) is 9.40. The van der Waals surface area contributed by atoms with E-state index in [2.05, 4.69) is 11.9 Å². The second-order valence-electron chi connectivity index (χ2n) is 5.83. The van der Waals surface area contributed by atoms with E-state index < -0.39 is 11.7 Å². The highest BCUT2D eigenvalue weighted by Gasteiger charge is 2.25. The zero-order valence-corrected chi connectivity index (χ0v) is 12.2. The highest BCUT2D eigenvalue weighted by molar-refractivity contribution is 5.69. The smallest absolute Gasteiger partial charge is 0.408 e. The Kier molecular flexibility index (Phi) is 4.14. The molecule has 20 heavy (non-hydrogen) atoms. The fraction of sp³-hybridized carbons (Fsp3) is 0.438. The van der Waals surface area contributed by atoms with Gasteiger partial charge in [-0.1, -0.05) is 30.9 Å². The highest BCUT2D eigenvalue weighted by Crippen LogP contribution is 2.28. The quantitative estimate of drug-likeness (QED) is 0.899. The Morgan fingerprint density at radius 1 is 1.50 bits per heavy atom. The van der Waals surface area contributed by atoms with Gasteiger partial charge in [-0.25, -0.2) is 4.79 Å². The van der Waals surface area contributed by atoms with Crippen LogP contribution in [-0.4, -0.2) is 18.3 Å². The van der Waals surface area contributed by atoms with E-state index in [1.165, 1.54) is 0 Å². The zero-order valence-electron chi connectivity index (χ0n) is 12.2. The molecule has 0 radical (unpaired) electrons. The maximum absolute atomic E-state index is 11.9. The van der Waals surface area contributed by atoms with Crippen molar-refractivity contribution in [3.8, 4) is 0 Å². The number of carbonyl (C=O) groups is 1. The molecule has 1 aliphatic rings. The van der Waals surface area contributed by atoms with Crippen molar-refractivity contribution in [2.75, 3.05) is 6.61 Å². The van der Waals surface area contributed by atoms with E-state index in [4.69, 9.17) is 9.47 Å². The third kappa shape index (κ3) is 3.39. The van der Waals surface area contributed by atoms with Gasteiger partial charge < -0.3 is 14.8 Å². The van der Waals surface area contributed by atoms with Gasteiger partial charge in [-0.15, -0.1) is 0 Å². The predicted molar refractivity (Wildman–Crippen MR) is 78.3 cm³/mol. The van der Waals surface area contributed by atoms with Gasteiger partial charge in [-0.3, -0.25) is 0 Å². The summed E-state index contributed by atoms with van der Waals surface area (Å²) in [4.78, 5) is 11.9. The lowest BCUT2D eigenvalue weighted by molar-refractivity contribution is 0.0390. The lowest BCUT2D eigenvalue weighted by Crippen LogP contribution is -2.38. The molecular formula is C16H21NO3. The van der Waals surface area contributed by atoms with Gasteiger partial charge >= 0.3 is 6.09 Å². The van der Waals surface area contributed by atoms with Crippen LogP contribution in [0.3, 0.4) is 0 Å². The van der Waals surface area contributed by atoms with E-state index >= 15 is 0 Å². The van der Waals surface area contributed by atoms with Crippen molar-refractivity contribution >= 4 is 12.2 Å². The summed E-state index contributed by atoms with van der Waals surface area (Å²) in [5.74, 6) is 0. The van der Waals surface area contributed by atoms with Crippen LogP contribution in [-0.2, 0) is 16.1 Å². The molecule has 1 unspecified atom stereocenters. The van der Waals surface area contributed by atoms with Gasteiger partial charge in [0.1, 0.15) is 5.60 Å². The average Bonchev–Trinajstić information content (AvgIpc) is 2.36. The molecule has 1 aromatic carbocycles. The molecule has 1 N–H and O–H groups in total. The fourth-order valence-electron chi connectivity index (χ4n) is 2.25. The van der Waals surface area contributed by atoms with E-state index in [9.17, 15) is 4.79 Å². The van der Waals surface area contributed by atoms with Gasteiger partial charge in [0.2, 0.25) is 0 Å². The summed E-state index contributed by atoms with van der Waals surface area (Å²) >= 11 is 0. The van der Waals surface area contributed by atoms with Crippen molar-refractivity contribution in [2.45, 2.75) is 39.0 Å². The molecule has 0 bridgehead atoms. The minimum atomic E-state index is -0.509. The molecule has 0 saturated carbocycles. The van der Waals surface area contributed by atoms with Gasteiger partial charge in [-0.2, -0.15) is 0 Å². The van der Waals surface area contributed by atoms with Crippen LogP contribution in [0.25, 0.3) is 6.08 Å². The van der Waals surface area contributed by atoms with E-state index in [1.807, 2.05) is 39.0 Å². The molecule has 0 fully saturated rings. The largest absolute Gasteiger partial charge is 0.444 e. The topological polar surface area (TPSA) is 47.6 Å². The summed E-state index contributed by atoms with van der Waals surface area (Å²) in [6.07, 6.45) is 1.38. The predicted octanol–water partition coefficient (Wildman–Crippen LogP) is 3.43. The number of carbonyl (C=O) groups excluding carboxylic acids is 1.